The van der Waals surface area contributed by atoms with Crippen LogP contribution >= 0.6 is 0 Å². The van der Waals surface area contributed by atoms with Gasteiger partial charge in [0.2, 0.25) is 70.9 Å². The van der Waals surface area contributed by atoms with Crippen LogP contribution in [0.3, 0.4) is 0 Å². The molecule has 0 aromatic rings. The summed E-state index contributed by atoms with van der Waals surface area (Å²) >= 11 is 0. The van der Waals surface area contributed by atoms with E-state index in [0.717, 1.165) is 14.7 Å². The number of nitrogens with one attached hydrogen (secondary N) is 3. The van der Waals surface area contributed by atoms with E-state index in [9.17, 15) is 50.3 Å². The zero-order valence-electron chi connectivity index (χ0n) is 67.6. The molecule has 3 unspecified atom stereocenters. The van der Waals surface area contributed by atoms with Crippen LogP contribution in [0.25, 0.3) is 0 Å². The molecule has 3 heterocycles. The maximum atomic E-state index is 15.9. The molecule has 0 aromatic carbocycles. The molecule has 0 radical (unpaired) electrons. The fourth-order valence-corrected chi connectivity index (χ4v) is 18.3. The molecule has 1 spiro atoms. The summed E-state index contributed by atoms with van der Waals surface area (Å²) in [4.78, 5) is 194. The van der Waals surface area contributed by atoms with Gasteiger partial charge in [0.15, 0.2) is 0 Å². The van der Waals surface area contributed by atoms with Crippen LogP contribution in [0.4, 0.5) is 26.3 Å². The Bertz CT molecular complexity index is 3300. The van der Waals surface area contributed by atoms with Gasteiger partial charge in [0.05, 0.1) is 43.6 Å². The first-order valence-corrected chi connectivity index (χ1v) is 39.7. The summed E-state index contributed by atoms with van der Waals surface area (Å²) in [5.74, 6) is -14.9. The summed E-state index contributed by atoms with van der Waals surface area (Å²) < 4.78 is 97.1. The van der Waals surface area contributed by atoms with Crippen LogP contribution in [-0.4, -0.2) is 289 Å². The second-order valence-electron chi connectivity index (χ2n) is 33.6. The number of carbonyl (C=O) groups is 12. The average molecular weight is 1570 g/mol. The number of rotatable bonds is 14. The van der Waals surface area contributed by atoms with Crippen LogP contribution in [0.1, 0.15) is 190 Å². The molecule has 4 saturated carbocycles. The Morgan fingerprint density at radius 3 is 1.86 bits per heavy atom. The van der Waals surface area contributed by atoms with Gasteiger partial charge in [0, 0.05) is 89.1 Å². The number of fused-ring (bicyclic) bond motifs is 3. The summed E-state index contributed by atoms with van der Waals surface area (Å²) in [5.41, 5.74) is -2.27. The van der Waals surface area contributed by atoms with Crippen molar-refractivity contribution in [3.8, 4) is 0 Å². The average Bonchev–Trinajstić information content (AvgIpc) is 0.740. The monoisotopic (exact) mass is 1570 g/mol. The number of methoxy groups -OCH3 is 1. The third-order valence-corrected chi connectivity index (χ3v) is 24.9. The van der Waals surface area contributed by atoms with Gasteiger partial charge in [-0.05, 0) is 152 Å². The van der Waals surface area contributed by atoms with Crippen molar-refractivity contribution < 1.29 is 93.4 Å². The molecule has 3 aliphatic heterocycles. The predicted molar refractivity (Wildman–Crippen MR) is 396 cm³/mol. The van der Waals surface area contributed by atoms with E-state index in [-0.39, 0.29) is 123 Å². The predicted octanol–water partition coefficient (Wildman–Crippen LogP) is 6.72. The first kappa shape index (κ1) is 90.1. The van der Waals surface area contributed by atoms with Crippen LogP contribution in [0, 0.1) is 46.8 Å². The fourth-order valence-electron chi connectivity index (χ4n) is 18.3. The lowest BCUT2D eigenvalue weighted by molar-refractivity contribution is -0.215. The molecule has 3 N–H and O–H groups in total. The van der Waals surface area contributed by atoms with Crippen molar-refractivity contribution >= 4 is 70.9 Å². The molecule has 7 aliphatic rings. The number of nitrogens with zero attached hydrogens (tertiary/aromatic N) is 9. The Hall–Kier alpha value is -7.12. The van der Waals surface area contributed by atoms with Gasteiger partial charge in [-0.1, -0.05) is 73.0 Å². The highest BCUT2D eigenvalue weighted by Crippen LogP contribution is 2.50. The first-order chi connectivity index (χ1) is 51.5. The van der Waals surface area contributed by atoms with E-state index in [1.807, 2.05) is 13.8 Å². The maximum Gasteiger partial charge on any atom is 0.394 e. The highest BCUT2D eigenvalue weighted by atomic mass is 19.4. The number of amides is 12. The molecule has 4 aliphatic carbocycles. The van der Waals surface area contributed by atoms with Crippen molar-refractivity contribution in [3.05, 3.63) is 12.2 Å². The van der Waals surface area contributed by atoms with Crippen molar-refractivity contribution in [3.63, 3.8) is 0 Å². The number of carbonyl (C=O) groups excluding carboxylic acids is 12. The Morgan fingerprint density at radius 2 is 1.29 bits per heavy atom. The van der Waals surface area contributed by atoms with Gasteiger partial charge in [-0.2, -0.15) is 26.3 Å². The molecule has 622 valence electrons. The minimum atomic E-state index is -4.57. The van der Waals surface area contributed by atoms with E-state index in [0.29, 0.717) is 32.1 Å². The topological polar surface area (TPSA) is 289 Å². The molecule has 2 saturated heterocycles. The van der Waals surface area contributed by atoms with Gasteiger partial charge < -0.3 is 69.5 Å². The quantitative estimate of drug-likeness (QED) is 0.120. The van der Waals surface area contributed by atoms with E-state index in [2.05, 4.69) is 16.0 Å². The Balaban J connectivity index is 1.34. The zero-order valence-corrected chi connectivity index (χ0v) is 67.6. The third-order valence-electron chi connectivity index (χ3n) is 24.9. The number of halogens is 6. The molecule has 7 rings (SSSR count). The number of alkyl halides is 6. The summed E-state index contributed by atoms with van der Waals surface area (Å²) in [7, 11) is 10.9. The smallest absolute Gasteiger partial charge is 0.381 e. The van der Waals surface area contributed by atoms with Crippen molar-refractivity contribution in [1.82, 2.24) is 60.0 Å². The summed E-state index contributed by atoms with van der Waals surface area (Å²) in [6.45, 7) is 12.7. The van der Waals surface area contributed by atoms with Gasteiger partial charge in [-0.25, -0.2) is 0 Å². The van der Waals surface area contributed by atoms with Crippen molar-refractivity contribution in [2.24, 2.45) is 46.8 Å². The van der Waals surface area contributed by atoms with Gasteiger partial charge in [-0.15, -0.1) is 0 Å². The molecular formula is C78H124F6N12O14. The SMILES string of the molecule is CCO[C@@H]1C[C@H]2C(=O)NC3(CC(C)(C)C3)C(=O)N(C)[C@@H](C3CCCC3)C(=O)N(C)[C@H](C(=O)N(C)CC)CC(=O)N(C)[C@@H](C(C)C)C(=O)N[C@@H]([C@@H](C)CC)C(=O)N(C)CC(=O)N(C)[C@H]3C/C=C\CCN(C3=O)[C@@H](CC3CCC(C(F)(F)F)CC3)C(=O)N(C)CC(=O)N[C@@H](CCC3CCC(C(F)(F)F)C(OC)C3)C(=O)N2C1. The van der Waals surface area contributed by atoms with Crippen LogP contribution < -0.4 is 16.0 Å². The summed E-state index contributed by atoms with van der Waals surface area (Å²) in [6, 6.07) is -11.0. The van der Waals surface area contributed by atoms with Crippen molar-refractivity contribution in [1.29, 1.82) is 0 Å². The van der Waals surface area contributed by atoms with E-state index >= 15 is 33.6 Å². The van der Waals surface area contributed by atoms with E-state index in [4.69, 9.17) is 9.47 Å². The Labute approximate surface area is 645 Å². The minimum Gasteiger partial charge on any atom is -0.381 e. The first-order valence-electron chi connectivity index (χ1n) is 39.7. The molecule has 13 atom stereocenters. The van der Waals surface area contributed by atoms with Gasteiger partial charge in [0.1, 0.15) is 53.9 Å². The van der Waals surface area contributed by atoms with E-state index in [1.165, 1.54) is 85.8 Å². The van der Waals surface area contributed by atoms with Crippen LogP contribution in [0.5, 0.6) is 0 Å². The summed E-state index contributed by atoms with van der Waals surface area (Å²) in [5, 5.41) is 8.71. The van der Waals surface area contributed by atoms with E-state index in [1.54, 1.807) is 53.7 Å². The minimum absolute atomic E-state index is 0.0332. The highest BCUT2D eigenvalue weighted by molar-refractivity contribution is 6.01. The molecule has 32 heteroatoms. The lowest BCUT2D eigenvalue weighted by Gasteiger charge is -2.54. The maximum absolute atomic E-state index is 15.9. The Kier molecular flexibility index (Phi) is 31.2. The molecule has 12 amide bonds. The lowest BCUT2D eigenvalue weighted by atomic mass is 9.58. The highest BCUT2D eigenvalue weighted by Gasteiger charge is 2.60. The molecule has 6 fully saturated rings. The Morgan fingerprint density at radius 1 is 0.664 bits per heavy atom. The largest absolute Gasteiger partial charge is 0.394 e. The molecule has 2 bridgehead atoms. The number of hydrogen-bond acceptors (Lipinski definition) is 14. The van der Waals surface area contributed by atoms with Gasteiger partial charge in [-0.3, -0.25) is 57.5 Å². The normalized spacial score (nSPS) is 31.4. The van der Waals surface area contributed by atoms with Gasteiger partial charge in [0.25, 0.3) is 0 Å². The van der Waals surface area contributed by atoms with Crippen molar-refractivity contribution in [2.75, 3.05) is 95.8 Å². The number of likely N-dealkylation sites (N-methyl/N-ethyl adjacent to an activating group) is 7. The standard InChI is InChI=1S/C78H124F6N12O14/c1-17-47(6)63-72(106)90(11)43-62(99)91(12)55-27-21-20-24-36-95(71(55)105)58(37-48-28-32-51(33-29-48)77(79,80)81)70(104)89(10)42-60(97)85-54(35-31-49-30-34-53(78(82,83)84)59(38-49)109-16)68(102)96-41-52(110-19-3)39-56(96)66(100)87-76(44-75(7,8)45-76)74(108)94(15)65(50-25-22-23-26-50)73(107)92(13)57(69(103)88(9)18-2)40-61(98)93(14)64(46(4)5)67(101)86-63/h20-21,46-59,63-65H,17-19,22-45H2,1-16H3,(H,85,97)(H,86,101)(H,87,100)/b21-20-/t47-,48?,49?,51?,52+,53?,54-,55-,56-,57-,58-,59?,63-,64-,65-/m0/s1. The lowest BCUT2D eigenvalue weighted by Crippen LogP contribution is -2.71. The van der Waals surface area contributed by atoms with E-state index < -0.39 is 216 Å². The van der Waals surface area contributed by atoms with Crippen LogP contribution in [0.2, 0.25) is 0 Å². The third kappa shape index (κ3) is 21.6. The summed E-state index contributed by atoms with van der Waals surface area (Å²) in [6.07, 6.45) is -6.31. The molecular weight excluding hydrogens is 1440 g/mol. The molecule has 26 nitrogen and oxygen atoms in total. The fraction of sp³-hybridized carbons (Fsp3) is 0.821. The number of ether oxygens (including phenoxy) is 2. The molecule has 110 heavy (non-hydrogen) atoms. The zero-order chi connectivity index (χ0) is 82.0. The second kappa shape index (κ2) is 38.1. The van der Waals surface area contributed by atoms with Crippen molar-refractivity contribution in [2.45, 2.75) is 269 Å². The van der Waals surface area contributed by atoms with Gasteiger partial charge >= 0.3 is 12.4 Å². The van der Waals surface area contributed by atoms with Crippen LogP contribution in [-0.2, 0) is 67.0 Å². The molecule has 0 aromatic heterocycles. The van der Waals surface area contributed by atoms with Crippen LogP contribution in [0.15, 0.2) is 12.2 Å². The number of hydrogen-bond donors (Lipinski definition) is 3. The second-order valence-corrected chi connectivity index (χ2v) is 33.6.